The van der Waals surface area contributed by atoms with Gasteiger partial charge in [-0.2, -0.15) is 0 Å². The number of nitrogens with zero attached hydrogens (tertiary/aromatic N) is 1. The van der Waals surface area contributed by atoms with Crippen LogP contribution in [0, 0.1) is 12.8 Å². The summed E-state index contributed by atoms with van der Waals surface area (Å²) in [6, 6.07) is -0.284. The van der Waals surface area contributed by atoms with Gasteiger partial charge in [0.25, 0.3) is 10.0 Å². The predicted octanol–water partition coefficient (Wildman–Crippen LogP) is 0.403. The summed E-state index contributed by atoms with van der Waals surface area (Å²) in [5.74, 6) is 0.662. The molecule has 3 N–H and O–H groups in total. The molecule has 1 aromatic heterocycles. The maximum absolute atomic E-state index is 12.0. The first kappa shape index (κ1) is 14.1. The number of nitrogens with one attached hydrogen (secondary N) is 2. The fourth-order valence-corrected chi connectivity index (χ4v) is 2.85. The van der Waals surface area contributed by atoms with Crippen LogP contribution >= 0.6 is 0 Å². The Bertz CT molecular complexity index is 453. The van der Waals surface area contributed by atoms with E-state index in [1.54, 1.807) is 6.92 Å². The highest BCUT2D eigenvalue weighted by Gasteiger charge is 2.23. The molecule has 1 heterocycles. The first-order chi connectivity index (χ1) is 7.86. The van der Waals surface area contributed by atoms with Crippen molar-refractivity contribution in [1.29, 1.82) is 0 Å². The maximum atomic E-state index is 12.0. The summed E-state index contributed by atoms with van der Waals surface area (Å²) in [6.07, 6.45) is 1.68. The lowest BCUT2D eigenvalue weighted by Gasteiger charge is -2.20. The average molecular weight is 261 g/mol. The van der Waals surface area contributed by atoms with E-state index in [4.69, 9.17) is 5.11 Å². The van der Waals surface area contributed by atoms with Crippen LogP contribution in [0.3, 0.4) is 0 Å². The van der Waals surface area contributed by atoms with Gasteiger partial charge in [-0.3, -0.25) is 0 Å². The SMILES string of the molecule is Cc1ncc(S(=O)(=O)NC(CCO)C(C)C)[nH]1. The molecule has 17 heavy (non-hydrogen) atoms. The van der Waals surface area contributed by atoms with Crippen molar-refractivity contribution >= 4 is 10.0 Å². The lowest BCUT2D eigenvalue weighted by Crippen LogP contribution is -2.39. The van der Waals surface area contributed by atoms with E-state index in [1.165, 1.54) is 6.20 Å². The van der Waals surface area contributed by atoms with E-state index in [0.717, 1.165) is 0 Å². The molecule has 0 radical (unpaired) electrons. The number of imidazole rings is 1. The van der Waals surface area contributed by atoms with Crippen LogP contribution in [0.2, 0.25) is 0 Å². The van der Waals surface area contributed by atoms with Gasteiger partial charge in [0.15, 0.2) is 5.03 Å². The minimum atomic E-state index is -3.59. The molecule has 0 bridgehead atoms. The highest BCUT2D eigenvalue weighted by molar-refractivity contribution is 7.89. The molecule has 1 rings (SSSR count). The second kappa shape index (κ2) is 5.61. The summed E-state index contributed by atoms with van der Waals surface area (Å²) in [5, 5.41) is 8.96. The molecule has 0 aliphatic rings. The van der Waals surface area contributed by atoms with Crippen LogP contribution in [0.15, 0.2) is 11.2 Å². The molecule has 1 atom stereocenters. The van der Waals surface area contributed by atoms with Crippen LogP contribution in [-0.2, 0) is 10.0 Å². The molecule has 7 heteroatoms. The average Bonchev–Trinajstić information content (AvgIpc) is 2.64. The quantitative estimate of drug-likeness (QED) is 0.691. The van der Waals surface area contributed by atoms with Gasteiger partial charge < -0.3 is 10.1 Å². The van der Waals surface area contributed by atoms with Crippen LogP contribution in [0.4, 0.5) is 0 Å². The monoisotopic (exact) mass is 261 g/mol. The molecule has 0 aliphatic carbocycles. The first-order valence-corrected chi connectivity index (χ1v) is 7.00. The van der Waals surface area contributed by atoms with Gasteiger partial charge in [0.05, 0.1) is 6.20 Å². The van der Waals surface area contributed by atoms with E-state index in [1.807, 2.05) is 13.8 Å². The van der Waals surface area contributed by atoms with Crippen molar-refractivity contribution in [3.8, 4) is 0 Å². The van der Waals surface area contributed by atoms with Crippen LogP contribution in [-0.4, -0.2) is 36.1 Å². The Morgan fingerprint density at radius 3 is 2.59 bits per heavy atom. The summed E-state index contributed by atoms with van der Waals surface area (Å²) in [7, 11) is -3.59. The van der Waals surface area contributed by atoms with Gasteiger partial charge >= 0.3 is 0 Å². The molecule has 6 nitrogen and oxygen atoms in total. The second-order valence-electron chi connectivity index (χ2n) is 4.32. The van der Waals surface area contributed by atoms with Gasteiger partial charge in [-0.1, -0.05) is 13.8 Å². The van der Waals surface area contributed by atoms with E-state index in [-0.39, 0.29) is 23.6 Å². The zero-order valence-electron chi connectivity index (χ0n) is 10.3. The number of rotatable bonds is 6. The van der Waals surface area contributed by atoms with Gasteiger partial charge in [-0.15, -0.1) is 0 Å². The third kappa shape index (κ3) is 3.79. The Hall–Kier alpha value is -0.920. The maximum Gasteiger partial charge on any atom is 0.257 e. The number of aliphatic hydroxyl groups is 1. The van der Waals surface area contributed by atoms with Crippen molar-refractivity contribution in [2.24, 2.45) is 5.92 Å². The Labute approximate surface area is 102 Å². The number of aryl methyl sites for hydroxylation is 1. The minimum absolute atomic E-state index is 0.0482. The lowest BCUT2D eigenvalue weighted by molar-refractivity contribution is 0.256. The predicted molar refractivity (Wildman–Crippen MR) is 64.0 cm³/mol. The molecular weight excluding hydrogens is 242 g/mol. The van der Waals surface area contributed by atoms with Gasteiger partial charge in [0.1, 0.15) is 5.82 Å². The Morgan fingerprint density at radius 1 is 1.53 bits per heavy atom. The van der Waals surface area contributed by atoms with Gasteiger partial charge in [-0.05, 0) is 19.3 Å². The summed E-state index contributed by atoms with van der Waals surface area (Å²) >= 11 is 0. The number of hydrogen-bond acceptors (Lipinski definition) is 4. The molecule has 0 amide bonds. The normalized spacial score (nSPS) is 14.2. The minimum Gasteiger partial charge on any atom is -0.396 e. The lowest BCUT2D eigenvalue weighted by atomic mass is 10.0. The smallest absolute Gasteiger partial charge is 0.257 e. The molecule has 1 unspecified atom stereocenters. The zero-order valence-corrected chi connectivity index (χ0v) is 11.1. The van der Waals surface area contributed by atoms with E-state index in [0.29, 0.717) is 12.2 Å². The molecule has 0 saturated carbocycles. The van der Waals surface area contributed by atoms with Crippen molar-refractivity contribution in [1.82, 2.24) is 14.7 Å². The fourth-order valence-electron chi connectivity index (χ4n) is 1.47. The van der Waals surface area contributed by atoms with Crippen molar-refractivity contribution in [3.63, 3.8) is 0 Å². The number of aromatic amines is 1. The van der Waals surface area contributed by atoms with Gasteiger partial charge in [0, 0.05) is 12.6 Å². The van der Waals surface area contributed by atoms with E-state index in [2.05, 4.69) is 14.7 Å². The Morgan fingerprint density at radius 2 is 2.18 bits per heavy atom. The number of hydrogen-bond donors (Lipinski definition) is 3. The van der Waals surface area contributed by atoms with Crippen LogP contribution < -0.4 is 4.72 Å². The molecule has 0 saturated heterocycles. The third-order valence-electron chi connectivity index (χ3n) is 2.52. The molecule has 98 valence electrons. The summed E-state index contributed by atoms with van der Waals surface area (Å²) in [4.78, 5) is 6.54. The number of H-pyrrole nitrogens is 1. The number of aromatic nitrogens is 2. The van der Waals surface area contributed by atoms with Crippen molar-refractivity contribution < 1.29 is 13.5 Å². The first-order valence-electron chi connectivity index (χ1n) is 5.51. The highest BCUT2D eigenvalue weighted by atomic mass is 32.2. The molecular formula is C10H19N3O3S. The summed E-state index contributed by atoms with van der Waals surface area (Å²) in [6.45, 7) is 5.45. The largest absolute Gasteiger partial charge is 0.396 e. The molecule has 1 aromatic rings. The molecule has 0 fully saturated rings. The second-order valence-corrected chi connectivity index (χ2v) is 6.00. The van der Waals surface area contributed by atoms with E-state index < -0.39 is 10.0 Å². The van der Waals surface area contributed by atoms with Crippen molar-refractivity contribution in [3.05, 3.63) is 12.0 Å². The number of sulfonamides is 1. The van der Waals surface area contributed by atoms with Gasteiger partial charge in [-0.25, -0.2) is 18.1 Å². The zero-order chi connectivity index (χ0) is 13.1. The standard InChI is InChI=1S/C10H19N3O3S/c1-7(2)9(4-5-14)13-17(15,16)10-6-11-8(3)12-10/h6-7,9,13-14H,4-5H2,1-3H3,(H,11,12). The Balaban J connectivity index is 2.84. The van der Waals surface area contributed by atoms with Gasteiger partial charge in [0.2, 0.25) is 0 Å². The van der Waals surface area contributed by atoms with Crippen molar-refractivity contribution in [2.75, 3.05) is 6.61 Å². The molecule has 0 aliphatic heterocycles. The topological polar surface area (TPSA) is 95.1 Å². The summed E-state index contributed by atoms with van der Waals surface area (Å²) < 4.78 is 26.5. The summed E-state index contributed by atoms with van der Waals surface area (Å²) in [5.41, 5.74) is 0. The van der Waals surface area contributed by atoms with Crippen LogP contribution in [0.25, 0.3) is 0 Å². The number of aliphatic hydroxyl groups excluding tert-OH is 1. The van der Waals surface area contributed by atoms with E-state index in [9.17, 15) is 8.42 Å². The molecule has 0 aromatic carbocycles. The highest BCUT2D eigenvalue weighted by Crippen LogP contribution is 2.11. The van der Waals surface area contributed by atoms with Crippen LogP contribution in [0.1, 0.15) is 26.1 Å². The Kier molecular flexibility index (Phi) is 4.67. The van der Waals surface area contributed by atoms with Crippen molar-refractivity contribution in [2.45, 2.75) is 38.3 Å². The van der Waals surface area contributed by atoms with E-state index >= 15 is 0 Å². The van der Waals surface area contributed by atoms with Crippen LogP contribution in [0.5, 0.6) is 0 Å². The molecule has 0 spiro atoms. The third-order valence-corrected chi connectivity index (χ3v) is 3.92. The fraction of sp³-hybridized carbons (Fsp3) is 0.700.